The average Bonchev–Trinajstić information content (AvgIpc) is 2.98. The molecule has 0 unspecified atom stereocenters. The van der Waals surface area contributed by atoms with Crippen LogP contribution in [-0.4, -0.2) is 47.7 Å². The molecule has 0 saturated heterocycles. The van der Waals surface area contributed by atoms with Crippen molar-refractivity contribution in [2.24, 2.45) is 0 Å². The first kappa shape index (κ1) is 23.6. The van der Waals surface area contributed by atoms with Gasteiger partial charge in [-0.05, 0) is 55.7 Å². The fourth-order valence-corrected chi connectivity index (χ4v) is 6.20. The number of hydrogen-bond donors (Lipinski definition) is 2. The highest BCUT2D eigenvalue weighted by Gasteiger charge is 2.33. The van der Waals surface area contributed by atoms with Crippen LogP contribution in [0.1, 0.15) is 29.6 Å². The van der Waals surface area contributed by atoms with Gasteiger partial charge in [-0.15, -0.1) is 0 Å². The molecule has 0 aromatic heterocycles. The first-order chi connectivity index (χ1) is 15.5. The topological polar surface area (TPSA) is 116 Å². The second-order valence-corrected chi connectivity index (χ2v) is 12.1. The third kappa shape index (κ3) is 4.45. The Bertz CT molecular complexity index is 1370. The molecule has 12 heteroatoms. The number of fused-ring (bicyclic) bond motifs is 3. The predicted molar refractivity (Wildman–Crippen MR) is 126 cm³/mol. The third-order valence-electron chi connectivity index (χ3n) is 5.45. The quantitative estimate of drug-likeness (QED) is 0.653. The third-order valence-corrected chi connectivity index (χ3v) is 8.95. The van der Waals surface area contributed by atoms with Crippen LogP contribution >= 0.6 is 11.6 Å². The lowest BCUT2D eigenvalue weighted by atomic mass is 10.1. The van der Waals surface area contributed by atoms with Crippen molar-refractivity contribution in [1.29, 1.82) is 0 Å². The summed E-state index contributed by atoms with van der Waals surface area (Å²) < 4.78 is 54.1. The van der Waals surface area contributed by atoms with E-state index in [2.05, 4.69) is 10.0 Å². The number of sulfonamides is 2. The van der Waals surface area contributed by atoms with Gasteiger partial charge in [-0.25, -0.2) is 21.1 Å². The van der Waals surface area contributed by atoms with Crippen molar-refractivity contribution in [3.05, 3.63) is 58.9 Å². The van der Waals surface area contributed by atoms with Crippen molar-refractivity contribution in [3.8, 4) is 0 Å². The average molecular weight is 511 g/mol. The van der Waals surface area contributed by atoms with Crippen LogP contribution in [0.15, 0.2) is 58.1 Å². The first-order valence-corrected chi connectivity index (χ1v) is 13.5. The van der Waals surface area contributed by atoms with Crippen LogP contribution in [0.4, 0.5) is 11.4 Å². The lowest BCUT2D eigenvalue weighted by Gasteiger charge is -2.33. The molecule has 0 saturated carbocycles. The van der Waals surface area contributed by atoms with E-state index in [1.165, 1.54) is 50.5 Å². The molecule has 0 fully saturated rings. The van der Waals surface area contributed by atoms with Gasteiger partial charge in [0.15, 0.2) is 0 Å². The van der Waals surface area contributed by atoms with E-state index in [-0.39, 0.29) is 26.1 Å². The summed E-state index contributed by atoms with van der Waals surface area (Å²) in [6, 6.07) is 8.51. The highest BCUT2D eigenvalue weighted by atomic mass is 35.5. The first-order valence-electron chi connectivity index (χ1n) is 10.2. The second-order valence-electron chi connectivity index (χ2n) is 7.91. The molecule has 2 aromatic carbocycles. The van der Waals surface area contributed by atoms with Gasteiger partial charge in [-0.1, -0.05) is 17.7 Å². The van der Waals surface area contributed by atoms with Crippen molar-refractivity contribution in [3.63, 3.8) is 0 Å². The van der Waals surface area contributed by atoms with Gasteiger partial charge in [0.25, 0.3) is 15.9 Å². The Morgan fingerprint density at radius 3 is 2.67 bits per heavy atom. The van der Waals surface area contributed by atoms with Crippen LogP contribution < -0.4 is 14.9 Å². The lowest BCUT2D eigenvalue weighted by Crippen LogP contribution is -2.41. The minimum atomic E-state index is -3.89. The molecule has 0 bridgehead atoms. The number of nitrogens with zero attached hydrogens (tertiary/aromatic N) is 2. The molecular weight excluding hydrogens is 488 g/mol. The SMILES string of the molecule is CN(C)S(=O)(=O)c1cccc(NC(=O)c2cc3c(cc2Cl)N2CCCCC=C2NS3(=O)=O)c1. The van der Waals surface area contributed by atoms with Crippen molar-refractivity contribution >= 4 is 48.9 Å². The van der Waals surface area contributed by atoms with Gasteiger partial charge in [0, 0.05) is 26.3 Å². The highest BCUT2D eigenvalue weighted by Crippen LogP contribution is 2.38. The van der Waals surface area contributed by atoms with Gasteiger partial charge in [0.1, 0.15) is 10.7 Å². The maximum atomic E-state index is 13.0. The molecule has 4 rings (SSSR count). The van der Waals surface area contributed by atoms with Crippen LogP contribution in [0, 0.1) is 0 Å². The summed E-state index contributed by atoms with van der Waals surface area (Å²) >= 11 is 6.41. The van der Waals surface area contributed by atoms with Gasteiger partial charge < -0.3 is 10.2 Å². The fourth-order valence-electron chi connectivity index (χ4n) is 3.71. The number of carbonyl (C=O) groups excluding carboxylic acids is 1. The van der Waals surface area contributed by atoms with Gasteiger partial charge in [0.05, 0.1) is 21.2 Å². The maximum Gasteiger partial charge on any atom is 0.265 e. The van der Waals surface area contributed by atoms with Gasteiger partial charge in [-0.3, -0.25) is 9.52 Å². The molecule has 0 radical (unpaired) electrons. The van der Waals surface area contributed by atoms with E-state index in [0.717, 1.165) is 23.6 Å². The van der Waals surface area contributed by atoms with E-state index in [0.29, 0.717) is 18.1 Å². The number of benzene rings is 2. The summed E-state index contributed by atoms with van der Waals surface area (Å²) in [5, 5.41) is 2.69. The molecule has 2 aliphatic rings. The Morgan fingerprint density at radius 2 is 1.94 bits per heavy atom. The van der Waals surface area contributed by atoms with Crippen molar-refractivity contribution in [2.45, 2.75) is 29.1 Å². The molecule has 2 aliphatic heterocycles. The minimum Gasteiger partial charge on any atom is -0.326 e. The monoisotopic (exact) mass is 510 g/mol. The Labute approximate surface area is 198 Å². The number of hydrogen-bond acceptors (Lipinski definition) is 6. The highest BCUT2D eigenvalue weighted by molar-refractivity contribution is 7.90. The van der Waals surface area contributed by atoms with Gasteiger partial charge in [0.2, 0.25) is 10.0 Å². The van der Waals surface area contributed by atoms with Crippen LogP contribution in [0.25, 0.3) is 0 Å². The van der Waals surface area contributed by atoms with Crippen molar-refractivity contribution in [2.75, 3.05) is 30.9 Å². The molecule has 0 aliphatic carbocycles. The Balaban J connectivity index is 1.70. The zero-order valence-corrected chi connectivity index (χ0v) is 20.4. The zero-order valence-electron chi connectivity index (χ0n) is 18.0. The summed E-state index contributed by atoms with van der Waals surface area (Å²) in [7, 11) is -4.77. The molecule has 176 valence electrons. The number of halogens is 1. The Kier molecular flexibility index (Phi) is 6.16. The minimum absolute atomic E-state index is 0.00842. The number of nitrogens with one attached hydrogen (secondary N) is 2. The van der Waals surface area contributed by atoms with E-state index < -0.39 is 26.0 Å². The number of anilines is 2. The van der Waals surface area contributed by atoms with Crippen LogP contribution in [0.2, 0.25) is 5.02 Å². The number of rotatable bonds is 4. The van der Waals surface area contributed by atoms with Crippen LogP contribution in [-0.2, 0) is 20.0 Å². The van der Waals surface area contributed by atoms with E-state index in [9.17, 15) is 21.6 Å². The van der Waals surface area contributed by atoms with Crippen LogP contribution in [0.3, 0.4) is 0 Å². The normalized spacial score (nSPS) is 17.3. The molecule has 0 spiro atoms. The maximum absolute atomic E-state index is 13.0. The van der Waals surface area contributed by atoms with E-state index in [4.69, 9.17) is 11.6 Å². The lowest BCUT2D eigenvalue weighted by molar-refractivity contribution is 0.102. The Hall–Kier alpha value is -2.60. The largest absolute Gasteiger partial charge is 0.326 e. The summed E-state index contributed by atoms with van der Waals surface area (Å²) in [6.07, 6.45) is 4.43. The molecule has 1 amide bonds. The molecule has 2 aromatic rings. The summed E-state index contributed by atoms with van der Waals surface area (Å²) in [5.41, 5.74) is 0.613. The summed E-state index contributed by atoms with van der Waals surface area (Å²) in [6.45, 7) is 0.621. The fraction of sp³-hybridized carbons (Fsp3) is 0.286. The molecular formula is C21H23ClN4O5S2. The second kappa shape index (κ2) is 8.64. The zero-order chi connectivity index (χ0) is 24.0. The smallest absolute Gasteiger partial charge is 0.265 e. The predicted octanol–water partition coefficient (Wildman–Crippen LogP) is 2.97. The summed E-state index contributed by atoms with van der Waals surface area (Å²) in [5.74, 6) is -0.165. The number of carbonyl (C=O) groups is 1. The molecule has 9 nitrogen and oxygen atoms in total. The molecule has 33 heavy (non-hydrogen) atoms. The van der Waals surface area contributed by atoms with Gasteiger partial charge in [-0.2, -0.15) is 0 Å². The van der Waals surface area contributed by atoms with E-state index in [1.54, 1.807) is 0 Å². The number of allylic oxidation sites excluding steroid dienone is 1. The molecule has 0 atom stereocenters. The summed E-state index contributed by atoms with van der Waals surface area (Å²) in [4.78, 5) is 14.8. The van der Waals surface area contributed by atoms with E-state index in [1.807, 2.05) is 11.0 Å². The van der Waals surface area contributed by atoms with Crippen LogP contribution in [0.5, 0.6) is 0 Å². The van der Waals surface area contributed by atoms with Crippen molar-refractivity contribution in [1.82, 2.24) is 9.03 Å². The molecule has 2 N–H and O–H groups in total. The standard InChI is InChI=1S/C21H23ClN4O5S2/c1-25(2)33(30,31)15-8-6-7-14(11-15)23-21(27)16-12-19-18(13-17(16)22)26-10-5-3-4-9-20(26)24-32(19,28)29/h6-9,11-13,24H,3-5,10H2,1-2H3,(H,23,27). The Morgan fingerprint density at radius 1 is 1.18 bits per heavy atom. The van der Waals surface area contributed by atoms with Gasteiger partial charge >= 0.3 is 0 Å². The molecule has 2 heterocycles. The van der Waals surface area contributed by atoms with E-state index >= 15 is 0 Å². The van der Waals surface area contributed by atoms with Crippen molar-refractivity contribution < 1.29 is 21.6 Å². The number of amides is 1.